The second kappa shape index (κ2) is 11.9. The number of benzene rings is 3. The summed E-state index contributed by atoms with van der Waals surface area (Å²) in [5.74, 6) is -1.03. The molecule has 0 saturated carbocycles. The molecule has 3 aromatic rings. The Morgan fingerprint density at radius 2 is 1.62 bits per heavy atom. The first-order chi connectivity index (χ1) is 18.8. The number of hydrogen-bond donors (Lipinski definition) is 1. The van der Waals surface area contributed by atoms with Crippen LogP contribution in [0.3, 0.4) is 0 Å². The Hall–Kier alpha value is -3.88. The minimum atomic E-state index is -1.02. The highest BCUT2D eigenvalue weighted by Crippen LogP contribution is 2.48. The van der Waals surface area contributed by atoms with E-state index in [-0.39, 0.29) is 32.7 Å². The highest BCUT2D eigenvalue weighted by molar-refractivity contribution is 6.52. The second-order valence-corrected chi connectivity index (χ2v) is 9.36. The number of rotatable bonds is 9. The molecule has 0 aromatic heterocycles. The minimum Gasteiger partial charge on any atom is -0.507 e. The summed E-state index contributed by atoms with van der Waals surface area (Å²) in [5.41, 5.74) is 0.793. The van der Waals surface area contributed by atoms with E-state index in [1.165, 1.54) is 32.3 Å². The Kier molecular flexibility index (Phi) is 8.57. The summed E-state index contributed by atoms with van der Waals surface area (Å²) in [6.45, 7) is 2.47. The van der Waals surface area contributed by atoms with Crippen molar-refractivity contribution in [1.29, 1.82) is 0 Å². The number of methoxy groups -OCH3 is 3. The van der Waals surface area contributed by atoms with E-state index in [0.717, 1.165) is 6.42 Å². The van der Waals surface area contributed by atoms with E-state index < -0.39 is 23.5 Å². The van der Waals surface area contributed by atoms with Crippen LogP contribution in [0.15, 0.2) is 60.2 Å². The van der Waals surface area contributed by atoms with Gasteiger partial charge in [0.2, 0.25) is 0 Å². The van der Waals surface area contributed by atoms with Gasteiger partial charge in [0.1, 0.15) is 22.3 Å². The molecular formula is C29H27Cl2NO7. The largest absolute Gasteiger partial charge is 0.507 e. The van der Waals surface area contributed by atoms with E-state index >= 15 is 0 Å². The maximum absolute atomic E-state index is 13.6. The number of hydrogen-bond acceptors (Lipinski definition) is 7. The quantitative estimate of drug-likeness (QED) is 0.179. The van der Waals surface area contributed by atoms with E-state index in [9.17, 15) is 14.7 Å². The summed E-state index contributed by atoms with van der Waals surface area (Å²) < 4.78 is 21.8. The normalized spacial score (nSPS) is 16.4. The zero-order valence-corrected chi connectivity index (χ0v) is 23.3. The van der Waals surface area contributed by atoms with Crippen LogP contribution in [-0.4, -0.2) is 44.7 Å². The molecule has 4 rings (SSSR count). The van der Waals surface area contributed by atoms with Crippen LogP contribution in [0.2, 0.25) is 10.0 Å². The van der Waals surface area contributed by atoms with Crippen molar-refractivity contribution in [2.75, 3.05) is 32.8 Å². The number of aliphatic hydroxyl groups is 1. The van der Waals surface area contributed by atoms with Gasteiger partial charge in [-0.3, -0.25) is 14.5 Å². The Bertz CT molecular complexity index is 1450. The highest BCUT2D eigenvalue weighted by Gasteiger charge is 2.47. The molecule has 0 radical (unpaired) electrons. The lowest BCUT2D eigenvalue weighted by Crippen LogP contribution is -2.29. The van der Waals surface area contributed by atoms with Gasteiger partial charge in [0.15, 0.2) is 11.5 Å². The average Bonchev–Trinajstić information content (AvgIpc) is 3.21. The van der Waals surface area contributed by atoms with Crippen LogP contribution in [0.1, 0.15) is 30.5 Å². The van der Waals surface area contributed by atoms with Crippen LogP contribution in [0, 0.1) is 0 Å². The van der Waals surface area contributed by atoms with Gasteiger partial charge in [0.05, 0.1) is 50.1 Å². The molecule has 204 valence electrons. The zero-order valence-electron chi connectivity index (χ0n) is 21.8. The average molecular weight is 572 g/mol. The predicted octanol–water partition coefficient (Wildman–Crippen LogP) is 6.43. The van der Waals surface area contributed by atoms with Crippen LogP contribution in [-0.2, 0) is 9.59 Å². The van der Waals surface area contributed by atoms with Gasteiger partial charge in [0, 0.05) is 11.8 Å². The number of amides is 1. The molecule has 1 atom stereocenters. The number of Topliss-reactive ketones (excluding diaryl/α,β-unsaturated/α-hetero) is 1. The van der Waals surface area contributed by atoms with Gasteiger partial charge in [-0.15, -0.1) is 0 Å². The van der Waals surface area contributed by atoms with Crippen molar-refractivity contribution in [3.8, 4) is 23.0 Å². The molecule has 1 fully saturated rings. The van der Waals surface area contributed by atoms with Crippen molar-refractivity contribution in [2.24, 2.45) is 0 Å². The van der Waals surface area contributed by atoms with E-state index in [4.69, 9.17) is 42.1 Å². The first kappa shape index (κ1) is 28.1. The molecular weight excluding hydrogens is 545 g/mol. The van der Waals surface area contributed by atoms with Gasteiger partial charge >= 0.3 is 0 Å². The molecule has 39 heavy (non-hydrogen) atoms. The maximum Gasteiger partial charge on any atom is 0.300 e. The smallest absolute Gasteiger partial charge is 0.300 e. The topological polar surface area (TPSA) is 94.5 Å². The zero-order chi connectivity index (χ0) is 28.3. The molecule has 1 amide bonds. The van der Waals surface area contributed by atoms with Gasteiger partial charge in [-0.05, 0) is 42.3 Å². The number of ether oxygens (including phenoxy) is 4. The van der Waals surface area contributed by atoms with Gasteiger partial charge in [-0.25, -0.2) is 0 Å². The molecule has 10 heteroatoms. The van der Waals surface area contributed by atoms with Gasteiger partial charge < -0.3 is 24.1 Å². The van der Waals surface area contributed by atoms with Crippen LogP contribution < -0.4 is 23.8 Å². The molecule has 1 N–H and O–H groups in total. The van der Waals surface area contributed by atoms with Crippen LogP contribution >= 0.6 is 23.2 Å². The molecule has 1 aliphatic rings. The molecule has 0 bridgehead atoms. The summed E-state index contributed by atoms with van der Waals surface area (Å²) in [6.07, 6.45) is 0.797. The summed E-state index contributed by atoms with van der Waals surface area (Å²) in [4.78, 5) is 28.4. The number of carbonyl (C=O) groups excluding carboxylic acids is 2. The fourth-order valence-corrected chi connectivity index (χ4v) is 5.15. The highest BCUT2D eigenvalue weighted by atomic mass is 35.5. The number of anilines is 1. The van der Waals surface area contributed by atoms with Gasteiger partial charge in [-0.1, -0.05) is 48.3 Å². The minimum absolute atomic E-state index is 0.00240. The maximum atomic E-state index is 13.6. The van der Waals surface area contributed by atoms with Gasteiger partial charge in [0.25, 0.3) is 11.7 Å². The van der Waals surface area contributed by atoms with E-state index in [0.29, 0.717) is 29.4 Å². The molecule has 1 unspecified atom stereocenters. The number of ketones is 1. The molecule has 3 aromatic carbocycles. The lowest BCUT2D eigenvalue weighted by Gasteiger charge is -2.26. The SMILES string of the molecule is CCCOc1cccc(C2/C(=C(\O)c3cc(Cl)c(OC)c(Cl)c3OC)C(=O)C(=O)N2c2cccc(OC)c2)c1. The molecule has 1 saturated heterocycles. The van der Waals surface area contributed by atoms with Gasteiger partial charge in [-0.2, -0.15) is 0 Å². The fourth-order valence-electron chi connectivity index (χ4n) is 4.46. The summed E-state index contributed by atoms with van der Waals surface area (Å²) >= 11 is 12.8. The van der Waals surface area contributed by atoms with E-state index in [1.54, 1.807) is 48.5 Å². The van der Waals surface area contributed by atoms with Crippen LogP contribution in [0.5, 0.6) is 23.0 Å². The van der Waals surface area contributed by atoms with E-state index in [1.807, 2.05) is 6.92 Å². The van der Waals surface area contributed by atoms with Crippen molar-refractivity contribution in [3.05, 3.63) is 81.3 Å². The van der Waals surface area contributed by atoms with E-state index in [2.05, 4.69) is 0 Å². The number of aliphatic hydroxyl groups excluding tert-OH is 1. The summed E-state index contributed by atoms with van der Waals surface area (Å²) in [7, 11) is 4.24. The van der Waals surface area contributed by atoms with Crippen molar-refractivity contribution >= 4 is 46.3 Å². The molecule has 0 spiro atoms. The van der Waals surface area contributed by atoms with Crippen molar-refractivity contribution in [3.63, 3.8) is 0 Å². The monoisotopic (exact) mass is 571 g/mol. The Labute approximate surface area is 236 Å². The Morgan fingerprint density at radius 1 is 0.923 bits per heavy atom. The fraction of sp³-hybridized carbons (Fsp3) is 0.241. The molecule has 1 heterocycles. The molecule has 1 aliphatic heterocycles. The summed E-state index contributed by atoms with van der Waals surface area (Å²) in [6, 6.07) is 14.1. The number of halogens is 2. The standard InChI is InChI=1S/C29H27Cl2NO7/c1-5-12-39-19-11-6-8-16(13-19)24-22(25(33)20-15-21(30)28(38-4)23(31)27(20)37-3)26(34)29(35)32(24)17-9-7-10-18(14-17)36-2/h6-11,13-15,24,33H,5,12H2,1-4H3/b25-22+. The first-order valence-corrected chi connectivity index (χ1v) is 12.8. The number of carbonyl (C=O) groups is 2. The third-order valence-electron chi connectivity index (χ3n) is 6.22. The molecule has 0 aliphatic carbocycles. The Morgan fingerprint density at radius 3 is 2.28 bits per heavy atom. The predicted molar refractivity (Wildman–Crippen MR) is 150 cm³/mol. The van der Waals surface area contributed by atoms with Crippen LogP contribution in [0.25, 0.3) is 5.76 Å². The lowest BCUT2D eigenvalue weighted by atomic mass is 9.94. The van der Waals surface area contributed by atoms with Crippen LogP contribution in [0.4, 0.5) is 5.69 Å². The third kappa shape index (κ3) is 5.22. The van der Waals surface area contributed by atoms with Crippen molar-refractivity contribution in [1.82, 2.24) is 0 Å². The van der Waals surface area contributed by atoms with Crippen molar-refractivity contribution < 1.29 is 33.6 Å². The number of nitrogens with zero attached hydrogens (tertiary/aromatic N) is 1. The first-order valence-electron chi connectivity index (χ1n) is 12.0. The Balaban J connectivity index is 2.00. The summed E-state index contributed by atoms with van der Waals surface area (Å²) in [5, 5.41) is 11.7. The lowest BCUT2D eigenvalue weighted by molar-refractivity contribution is -0.132. The third-order valence-corrected chi connectivity index (χ3v) is 6.84. The van der Waals surface area contributed by atoms with Crippen molar-refractivity contribution in [2.45, 2.75) is 19.4 Å². The molecule has 8 nitrogen and oxygen atoms in total. The second-order valence-electron chi connectivity index (χ2n) is 8.58.